The Hall–Kier alpha value is -2.89. The molecule has 6 nitrogen and oxygen atoms in total. The van der Waals surface area contributed by atoms with E-state index < -0.39 is 5.92 Å². The van der Waals surface area contributed by atoms with E-state index in [0.29, 0.717) is 41.1 Å². The van der Waals surface area contributed by atoms with Crippen LogP contribution >= 0.6 is 0 Å². The van der Waals surface area contributed by atoms with Gasteiger partial charge < -0.3 is 23.7 Å². The van der Waals surface area contributed by atoms with Crippen molar-refractivity contribution in [1.82, 2.24) is 0 Å². The Morgan fingerprint density at radius 3 is 2.52 bits per heavy atom. The fourth-order valence-corrected chi connectivity index (χ4v) is 4.46. The molecule has 0 radical (unpaired) electrons. The van der Waals surface area contributed by atoms with Crippen LogP contribution in [0.4, 0.5) is 0 Å². The molecule has 3 aliphatic rings. The summed E-state index contributed by atoms with van der Waals surface area (Å²) in [6.07, 6.45) is 0.474. The lowest BCUT2D eigenvalue weighted by atomic mass is 9.81. The maximum absolute atomic E-state index is 13.5. The van der Waals surface area contributed by atoms with Crippen molar-refractivity contribution < 1.29 is 28.5 Å². The number of fused-ring (bicyclic) bond motifs is 6. The maximum atomic E-state index is 13.5. The van der Waals surface area contributed by atoms with E-state index in [-0.39, 0.29) is 18.0 Å². The monoisotopic (exact) mass is 396 g/mol. The second kappa shape index (κ2) is 6.58. The quantitative estimate of drug-likeness (QED) is 0.787. The molecular formula is C23H24O6. The Bertz CT molecular complexity index is 995. The van der Waals surface area contributed by atoms with Gasteiger partial charge in [-0.25, -0.2) is 0 Å². The average molecular weight is 396 g/mol. The van der Waals surface area contributed by atoms with Crippen molar-refractivity contribution in [3.63, 3.8) is 0 Å². The molecule has 152 valence electrons. The molecule has 29 heavy (non-hydrogen) atoms. The molecule has 0 N–H and O–H groups in total. The van der Waals surface area contributed by atoms with Crippen molar-refractivity contribution in [2.75, 3.05) is 20.8 Å². The molecule has 0 bridgehead atoms. The predicted octanol–water partition coefficient (Wildman–Crippen LogP) is 3.78. The molecule has 3 aliphatic heterocycles. The third kappa shape index (κ3) is 2.65. The van der Waals surface area contributed by atoms with Crippen LogP contribution in [0, 0.1) is 5.92 Å². The summed E-state index contributed by atoms with van der Waals surface area (Å²) in [6.45, 7) is 4.58. The van der Waals surface area contributed by atoms with E-state index in [0.717, 1.165) is 23.3 Å². The molecule has 0 amide bonds. The Morgan fingerprint density at radius 1 is 1.03 bits per heavy atom. The van der Waals surface area contributed by atoms with Crippen molar-refractivity contribution in [3.8, 4) is 28.7 Å². The Labute approximate surface area is 169 Å². The average Bonchev–Trinajstić information content (AvgIpc) is 3.17. The first-order valence-electron chi connectivity index (χ1n) is 9.94. The van der Waals surface area contributed by atoms with Gasteiger partial charge in [0.05, 0.1) is 25.7 Å². The Morgan fingerprint density at radius 2 is 1.79 bits per heavy atom. The van der Waals surface area contributed by atoms with Crippen LogP contribution in [0.3, 0.4) is 0 Å². The lowest BCUT2D eigenvalue weighted by Crippen LogP contribution is -2.43. The number of ketones is 1. The number of hydrogen-bond acceptors (Lipinski definition) is 6. The number of hydrogen-bond donors (Lipinski definition) is 0. The highest BCUT2D eigenvalue weighted by atomic mass is 16.5. The predicted molar refractivity (Wildman–Crippen MR) is 106 cm³/mol. The molecule has 0 spiro atoms. The summed E-state index contributed by atoms with van der Waals surface area (Å²) in [5.74, 6) is 3.24. The summed E-state index contributed by atoms with van der Waals surface area (Å²) in [7, 11) is 3.16. The topological polar surface area (TPSA) is 63.2 Å². The third-order valence-electron chi connectivity index (χ3n) is 6.09. The number of carbonyl (C=O) groups is 1. The summed E-state index contributed by atoms with van der Waals surface area (Å²) in [5, 5.41) is 0. The molecule has 2 aromatic carbocycles. The molecule has 3 heterocycles. The van der Waals surface area contributed by atoms with Crippen LogP contribution in [0.1, 0.15) is 41.3 Å². The normalized spacial score (nSPS) is 23.8. The highest BCUT2D eigenvalue weighted by Crippen LogP contribution is 2.49. The van der Waals surface area contributed by atoms with Gasteiger partial charge in [-0.3, -0.25) is 4.79 Å². The second-order valence-electron chi connectivity index (χ2n) is 8.08. The molecule has 2 aromatic rings. The first-order chi connectivity index (χ1) is 14.0. The van der Waals surface area contributed by atoms with Gasteiger partial charge in [0.2, 0.25) is 0 Å². The fourth-order valence-electron chi connectivity index (χ4n) is 4.46. The van der Waals surface area contributed by atoms with Gasteiger partial charge in [-0.1, -0.05) is 13.8 Å². The molecule has 0 aliphatic carbocycles. The Kier molecular flexibility index (Phi) is 4.12. The van der Waals surface area contributed by atoms with Gasteiger partial charge in [0.1, 0.15) is 36.1 Å². The van der Waals surface area contributed by atoms with E-state index >= 15 is 0 Å². The summed E-state index contributed by atoms with van der Waals surface area (Å²) in [6, 6.07) is 7.32. The SMILES string of the molecule is COc1cc2c(cc1OC)[C@@H]1C(=O)c3ccc4c(c3O[C@@H]1CO2)C[C@@H](C(C)C)O4. The van der Waals surface area contributed by atoms with Crippen LogP contribution in [-0.4, -0.2) is 38.8 Å². The van der Waals surface area contributed by atoms with Crippen LogP contribution in [0.25, 0.3) is 0 Å². The van der Waals surface area contributed by atoms with Crippen molar-refractivity contribution in [2.24, 2.45) is 5.92 Å². The lowest BCUT2D eigenvalue weighted by molar-refractivity contribution is 0.0554. The minimum atomic E-state index is -0.438. The molecular weight excluding hydrogens is 372 g/mol. The van der Waals surface area contributed by atoms with Gasteiger partial charge in [0, 0.05) is 23.6 Å². The first kappa shape index (κ1) is 18.2. The van der Waals surface area contributed by atoms with Crippen LogP contribution in [0.2, 0.25) is 0 Å². The van der Waals surface area contributed by atoms with Crippen molar-refractivity contribution in [1.29, 1.82) is 0 Å². The van der Waals surface area contributed by atoms with Crippen LogP contribution in [-0.2, 0) is 6.42 Å². The molecule has 0 aromatic heterocycles. The number of ether oxygens (including phenoxy) is 5. The van der Waals surface area contributed by atoms with E-state index in [9.17, 15) is 4.79 Å². The number of Topliss-reactive ketones (excluding diaryl/α,β-unsaturated/α-hetero) is 1. The molecule has 0 unspecified atom stereocenters. The first-order valence-corrected chi connectivity index (χ1v) is 9.94. The molecule has 0 saturated heterocycles. The zero-order valence-electron chi connectivity index (χ0n) is 17.0. The number of benzene rings is 2. The van der Waals surface area contributed by atoms with Crippen LogP contribution in [0.15, 0.2) is 24.3 Å². The van der Waals surface area contributed by atoms with Gasteiger partial charge in [0.15, 0.2) is 17.3 Å². The van der Waals surface area contributed by atoms with E-state index in [4.69, 9.17) is 23.7 Å². The minimum Gasteiger partial charge on any atom is -0.493 e. The minimum absolute atomic E-state index is 0.0452. The molecule has 5 rings (SSSR count). The van der Waals surface area contributed by atoms with Gasteiger partial charge in [0.25, 0.3) is 0 Å². The van der Waals surface area contributed by atoms with E-state index in [1.54, 1.807) is 20.3 Å². The van der Waals surface area contributed by atoms with Crippen molar-refractivity contribution >= 4 is 5.78 Å². The summed E-state index contributed by atoms with van der Waals surface area (Å²) < 4.78 is 29.2. The summed E-state index contributed by atoms with van der Waals surface area (Å²) in [4.78, 5) is 13.5. The number of methoxy groups -OCH3 is 2. The molecule has 0 fully saturated rings. The van der Waals surface area contributed by atoms with Gasteiger partial charge in [-0.2, -0.15) is 0 Å². The van der Waals surface area contributed by atoms with Crippen molar-refractivity contribution in [2.45, 2.75) is 38.4 Å². The van der Waals surface area contributed by atoms with Crippen LogP contribution in [0.5, 0.6) is 28.7 Å². The van der Waals surface area contributed by atoms with Gasteiger partial charge in [-0.05, 0) is 24.1 Å². The Balaban J connectivity index is 1.57. The van der Waals surface area contributed by atoms with E-state index in [2.05, 4.69) is 13.8 Å². The zero-order valence-corrected chi connectivity index (χ0v) is 17.0. The van der Waals surface area contributed by atoms with E-state index in [1.165, 1.54) is 0 Å². The highest BCUT2D eigenvalue weighted by Gasteiger charge is 2.45. The zero-order chi connectivity index (χ0) is 20.3. The fraction of sp³-hybridized carbons (Fsp3) is 0.435. The van der Waals surface area contributed by atoms with Crippen molar-refractivity contribution in [3.05, 3.63) is 41.0 Å². The lowest BCUT2D eigenvalue weighted by Gasteiger charge is -2.37. The van der Waals surface area contributed by atoms with E-state index in [1.807, 2.05) is 18.2 Å². The molecule has 0 saturated carbocycles. The molecule has 3 atom stereocenters. The maximum Gasteiger partial charge on any atom is 0.178 e. The van der Waals surface area contributed by atoms with Crippen LogP contribution < -0.4 is 23.7 Å². The third-order valence-corrected chi connectivity index (χ3v) is 6.09. The number of carbonyl (C=O) groups excluding carboxylic acids is 1. The molecule has 6 heteroatoms. The summed E-state index contributed by atoms with van der Waals surface area (Å²) >= 11 is 0. The smallest absolute Gasteiger partial charge is 0.178 e. The summed E-state index contributed by atoms with van der Waals surface area (Å²) in [5.41, 5.74) is 2.37. The van der Waals surface area contributed by atoms with Gasteiger partial charge in [-0.15, -0.1) is 0 Å². The van der Waals surface area contributed by atoms with Gasteiger partial charge >= 0.3 is 0 Å². The largest absolute Gasteiger partial charge is 0.493 e. The highest BCUT2D eigenvalue weighted by molar-refractivity contribution is 6.06. The second-order valence-corrected chi connectivity index (χ2v) is 8.08. The number of rotatable bonds is 3. The standard InChI is InChI=1S/C23H24O6/c1-11(2)16-8-14-15(28-16)6-5-12-22(24)21-13-7-18(25-3)19(26-4)9-17(13)27-10-20(21)29-23(12)14/h5-7,9,11,16,20-21H,8,10H2,1-4H3/t16-,20+,21-/m0/s1.